The predicted molar refractivity (Wildman–Crippen MR) is 55.6 cm³/mol. The zero-order valence-electron chi connectivity index (χ0n) is 8.74. The zero-order valence-corrected chi connectivity index (χ0v) is 8.74. The lowest BCUT2D eigenvalue weighted by atomic mass is 9.94. The molecule has 0 bridgehead atoms. The maximum absolute atomic E-state index is 10.6. The van der Waals surface area contributed by atoms with E-state index < -0.39 is 24.0 Å². The van der Waals surface area contributed by atoms with Gasteiger partial charge in [0.1, 0.15) is 17.9 Å². The average Bonchev–Trinajstić information content (AvgIpc) is 2.27. The molecule has 1 aromatic rings. The maximum Gasteiger partial charge on any atom is 0.320 e. The van der Waals surface area contributed by atoms with Gasteiger partial charge >= 0.3 is 5.97 Å². The molecule has 16 heavy (non-hydrogen) atoms. The van der Waals surface area contributed by atoms with Crippen molar-refractivity contribution < 1.29 is 20.1 Å². The molecule has 1 rings (SSSR count). The number of carboxylic acid groups (broad SMARTS) is 1. The first-order valence-electron chi connectivity index (χ1n) is 4.75. The Morgan fingerprint density at radius 1 is 1.50 bits per heavy atom. The number of carboxylic acids is 1. The highest BCUT2D eigenvalue weighted by Gasteiger charge is 2.28. The van der Waals surface area contributed by atoms with Crippen LogP contribution in [0.3, 0.4) is 0 Å². The minimum absolute atomic E-state index is 0.0221. The van der Waals surface area contributed by atoms with Gasteiger partial charge in [0.05, 0.1) is 11.9 Å². The number of nitrogens with zero attached hydrogens (tertiary/aromatic N) is 1. The molecule has 3 atom stereocenters. The van der Waals surface area contributed by atoms with Crippen molar-refractivity contribution in [3.05, 3.63) is 24.0 Å². The smallest absolute Gasteiger partial charge is 0.320 e. The van der Waals surface area contributed by atoms with Crippen LogP contribution in [0.1, 0.15) is 18.7 Å². The Morgan fingerprint density at radius 2 is 2.12 bits per heavy atom. The number of pyridine rings is 1. The number of carbonyl (C=O) groups is 1. The van der Waals surface area contributed by atoms with Crippen LogP contribution in [0.25, 0.3) is 0 Å². The summed E-state index contributed by atoms with van der Waals surface area (Å²) in [7, 11) is 0. The molecule has 0 aliphatic carbocycles. The first-order chi connectivity index (χ1) is 7.43. The molecule has 0 saturated heterocycles. The van der Waals surface area contributed by atoms with Gasteiger partial charge in [0.2, 0.25) is 0 Å². The fraction of sp³-hybridized carbons (Fsp3) is 0.400. The van der Waals surface area contributed by atoms with Gasteiger partial charge in [-0.15, -0.1) is 0 Å². The Kier molecular flexibility index (Phi) is 3.81. The minimum atomic E-state index is -1.18. The van der Waals surface area contributed by atoms with Gasteiger partial charge in [-0.25, -0.2) is 0 Å². The molecule has 0 fully saturated rings. The predicted octanol–water partition coefficient (Wildman–Crippen LogP) is -0.131. The first-order valence-corrected chi connectivity index (χ1v) is 4.75. The quantitative estimate of drug-likeness (QED) is 0.568. The molecular weight excluding hydrogens is 212 g/mol. The largest absolute Gasteiger partial charge is 0.506 e. The van der Waals surface area contributed by atoms with Crippen molar-refractivity contribution in [1.29, 1.82) is 0 Å². The lowest BCUT2D eigenvalue weighted by Crippen LogP contribution is -2.39. The summed E-state index contributed by atoms with van der Waals surface area (Å²) in [6.45, 7) is 1.53. The maximum atomic E-state index is 10.6. The second kappa shape index (κ2) is 4.91. The molecular formula is C10H14N2O4. The topological polar surface area (TPSA) is 117 Å². The normalized spacial score (nSPS) is 16.4. The molecule has 1 heterocycles. The van der Waals surface area contributed by atoms with Crippen molar-refractivity contribution >= 4 is 5.97 Å². The third-order valence-electron chi connectivity index (χ3n) is 2.42. The Bertz CT molecular complexity index is 366. The summed E-state index contributed by atoms with van der Waals surface area (Å²) in [4.78, 5) is 14.4. The number of aromatic nitrogens is 1. The Hall–Kier alpha value is -1.66. The molecule has 0 aliphatic rings. The third kappa shape index (κ3) is 2.68. The molecule has 5 N–H and O–H groups in total. The van der Waals surface area contributed by atoms with Gasteiger partial charge in [0.25, 0.3) is 0 Å². The van der Waals surface area contributed by atoms with Gasteiger partial charge < -0.3 is 21.1 Å². The fourth-order valence-electron chi connectivity index (χ4n) is 1.26. The molecule has 0 aliphatic heterocycles. The van der Waals surface area contributed by atoms with Crippen molar-refractivity contribution in [2.75, 3.05) is 0 Å². The van der Waals surface area contributed by atoms with E-state index in [1.807, 2.05) is 0 Å². The van der Waals surface area contributed by atoms with Crippen LogP contribution in [0, 0.1) is 5.92 Å². The van der Waals surface area contributed by atoms with Crippen LogP contribution in [0.2, 0.25) is 0 Å². The van der Waals surface area contributed by atoms with Crippen molar-refractivity contribution in [2.45, 2.75) is 19.1 Å². The van der Waals surface area contributed by atoms with Crippen molar-refractivity contribution in [1.82, 2.24) is 4.98 Å². The van der Waals surface area contributed by atoms with Gasteiger partial charge in [-0.1, -0.05) is 6.92 Å². The molecule has 0 aromatic carbocycles. The highest BCUT2D eigenvalue weighted by Crippen LogP contribution is 2.23. The zero-order chi connectivity index (χ0) is 12.3. The van der Waals surface area contributed by atoms with Gasteiger partial charge in [0.15, 0.2) is 0 Å². The molecule has 1 aromatic heterocycles. The summed E-state index contributed by atoms with van der Waals surface area (Å²) in [5, 5.41) is 27.5. The summed E-state index contributed by atoms with van der Waals surface area (Å²) in [5.74, 6) is -1.87. The second-order valence-corrected chi connectivity index (χ2v) is 3.61. The monoisotopic (exact) mass is 226 g/mol. The van der Waals surface area contributed by atoms with E-state index in [1.54, 1.807) is 0 Å². The SMILES string of the molecule is C[C@H]([C@H](N)C(=O)O)[C@@H](O)c1ccc(O)cn1. The number of aliphatic hydroxyl groups excluding tert-OH is 1. The molecule has 88 valence electrons. The van der Waals surface area contributed by atoms with Crippen molar-refractivity contribution in [3.63, 3.8) is 0 Å². The Labute approximate surface area is 92.4 Å². The number of hydrogen-bond donors (Lipinski definition) is 4. The van der Waals surface area contributed by atoms with Crippen LogP contribution in [0.5, 0.6) is 5.75 Å². The summed E-state index contributed by atoms with van der Waals surface area (Å²) >= 11 is 0. The number of rotatable bonds is 4. The van der Waals surface area contributed by atoms with E-state index in [0.717, 1.165) is 0 Å². The van der Waals surface area contributed by atoms with Crippen LogP contribution >= 0.6 is 0 Å². The van der Waals surface area contributed by atoms with Gasteiger partial charge in [0, 0.05) is 5.92 Å². The second-order valence-electron chi connectivity index (χ2n) is 3.61. The summed E-state index contributed by atoms with van der Waals surface area (Å²) in [6, 6.07) is 1.63. The lowest BCUT2D eigenvalue weighted by Gasteiger charge is -2.21. The fourth-order valence-corrected chi connectivity index (χ4v) is 1.26. The number of hydrogen-bond acceptors (Lipinski definition) is 5. The summed E-state index contributed by atoms with van der Waals surface area (Å²) in [5.41, 5.74) is 5.67. The van der Waals surface area contributed by atoms with Crippen LogP contribution in [-0.2, 0) is 4.79 Å². The lowest BCUT2D eigenvalue weighted by molar-refractivity contribution is -0.141. The summed E-state index contributed by atoms with van der Waals surface area (Å²) in [6.07, 6.45) is 0.101. The third-order valence-corrected chi connectivity index (χ3v) is 2.42. The van der Waals surface area contributed by atoms with Gasteiger partial charge in [-0.3, -0.25) is 9.78 Å². The Balaban J connectivity index is 2.81. The first kappa shape index (κ1) is 12.4. The molecule has 6 heteroatoms. The van der Waals surface area contributed by atoms with E-state index in [2.05, 4.69) is 4.98 Å². The molecule has 0 radical (unpaired) electrons. The van der Waals surface area contributed by atoms with Crippen LogP contribution < -0.4 is 5.73 Å². The minimum Gasteiger partial charge on any atom is -0.506 e. The number of nitrogens with two attached hydrogens (primary N) is 1. The van der Waals surface area contributed by atoms with Crippen molar-refractivity contribution in [3.8, 4) is 5.75 Å². The number of aliphatic carboxylic acids is 1. The Morgan fingerprint density at radius 3 is 2.56 bits per heavy atom. The number of aliphatic hydroxyl groups is 1. The van der Waals surface area contributed by atoms with E-state index in [4.69, 9.17) is 15.9 Å². The number of aromatic hydroxyl groups is 1. The van der Waals surface area contributed by atoms with E-state index in [0.29, 0.717) is 0 Å². The standard InChI is InChI=1S/C10H14N2O4/c1-5(8(11)10(15)16)9(14)7-3-2-6(13)4-12-7/h2-5,8-9,13-14H,11H2,1H3,(H,15,16)/t5-,8+,9-/m1/s1. The highest BCUT2D eigenvalue weighted by atomic mass is 16.4. The van der Waals surface area contributed by atoms with E-state index >= 15 is 0 Å². The van der Waals surface area contributed by atoms with Crippen LogP contribution in [-0.4, -0.2) is 32.3 Å². The van der Waals surface area contributed by atoms with Crippen molar-refractivity contribution in [2.24, 2.45) is 11.7 Å². The average molecular weight is 226 g/mol. The van der Waals surface area contributed by atoms with Gasteiger partial charge in [-0.05, 0) is 12.1 Å². The molecule has 0 saturated carbocycles. The molecule has 0 amide bonds. The van der Waals surface area contributed by atoms with Crippen LogP contribution in [0.4, 0.5) is 0 Å². The summed E-state index contributed by atoms with van der Waals surface area (Å²) < 4.78 is 0. The highest BCUT2D eigenvalue weighted by molar-refractivity contribution is 5.73. The molecule has 6 nitrogen and oxygen atoms in total. The van der Waals surface area contributed by atoms with E-state index in [9.17, 15) is 9.90 Å². The van der Waals surface area contributed by atoms with Crippen LogP contribution in [0.15, 0.2) is 18.3 Å². The molecule has 0 spiro atoms. The van der Waals surface area contributed by atoms with E-state index in [-0.39, 0.29) is 11.4 Å². The molecule has 0 unspecified atom stereocenters. The van der Waals surface area contributed by atoms with E-state index in [1.165, 1.54) is 25.3 Å². The van der Waals surface area contributed by atoms with Gasteiger partial charge in [-0.2, -0.15) is 0 Å².